The normalized spacial score (nSPS) is 18.0. The molecule has 0 aromatic heterocycles. The van der Waals surface area contributed by atoms with Gasteiger partial charge in [0.2, 0.25) is 11.8 Å². The van der Waals surface area contributed by atoms with E-state index in [4.69, 9.17) is 16.9 Å². The number of nitrogen functional groups attached to an aromatic ring is 1. The maximum atomic E-state index is 12.6. The third-order valence-corrected chi connectivity index (χ3v) is 5.08. The second kappa shape index (κ2) is 10.2. The number of imide groups is 1. The highest BCUT2D eigenvalue weighted by Crippen LogP contribution is 2.20. The molecule has 1 aromatic carbocycles. The van der Waals surface area contributed by atoms with Crippen LogP contribution in [0.25, 0.3) is 0 Å². The van der Waals surface area contributed by atoms with Crippen molar-refractivity contribution < 1.29 is 14.4 Å². The topological polar surface area (TPSA) is 142 Å². The SMILES string of the molecule is CC[C@H](C)[C@H](N)C(=O)N1CCC[C@H]1C(=O)NC(=O)c1ccc(C(=N)N)cc1.Cl. The van der Waals surface area contributed by atoms with Crippen LogP contribution in [0, 0.1) is 11.3 Å². The molecule has 0 unspecified atom stereocenters. The molecule has 28 heavy (non-hydrogen) atoms. The lowest BCUT2D eigenvalue weighted by Crippen LogP contribution is -2.53. The summed E-state index contributed by atoms with van der Waals surface area (Å²) in [5.41, 5.74) is 12.2. The van der Waals surface area contributed by atoms with Crippen molar-refractivity contribution in [2.24, 2.45) is 17.4 Å². The minimum atomic E-state index is -0.687. The molecule has 2 rings (SSSR count). The largest absolute Gasteiger partial charge is 0.384 e. The minimum absolute atomic E-state index is 0. The van der Waals surface area contributed by atoms with Gasteiger partial charge in [0.15, 0.2) is 0 Å². The van der Waals surface area contributed by atoms with Gasteiger partial charge in [0.25, 0.3) is 5.91 Å². The first-order valence-corrected chi connectivity index (χ1v) is 9.12. The van der Waals surface area contributed by atoms with Gasteiger partial charge in [0, 0.05) is 17.7 Å². The van der Waals surface area contributed by atoms with Gasteiger partial charge in [-0.3, -0.25) is 25.1 Å². The summed E-state index contributed by atoms with van der Waals surface area (Å²) < 4.78 is 0. The smallest absolute Gasteiger partial charge is 0.257 e. The Hall–Kier alpha value is -2.45. The van der Waals surface area contributed by atoms with Gasteiger partial charge in [0.05, 0.1) is 6.04 Å². The van der Waals surface area contributed by atoms with Gasteiger partial charge >= 0.3 is 0 Å². The van der Waals surface area contributed by atoms with Gasteiger partial charge in [-0.25, -0.2) is 0 Å². The number of hydrogen-bond acceptors (Lipinski definition) is 5. The zero-order chi connectivity index (χ0) is 20.1. The van der Waals surface area contributed by atoms with Crippen LogP contribution in [-0.2, 0) is 9.59 Å². The van der Waals surface area contributed by atoms with Crippen LogP contribution >= 0.6 is 12.4 Å². The molecule has 1 aromatic rings. The summed E-state index contributed by atoms with van der Waals surface area (Å²) in [5, 5.41) is 9.71. The Kier molecular flexibility index (Phi) is 8.59. The van der Waals surface area contributed by atoms with Gasteiger partial charge in [-0.15, -0.1) is 12.4 Å². The fourth-order valence-corrected chi connectivity index (χ4v) is 3.06. The monoisotopic (exact) mass is 409 g/mol. The third kappa shape index (κ3) is 5.30. The van der Waals surface area contributed by atoms with E-state index in [1.54, 1.807) is 0 Å². The molecule has 0 aliphatic carbocycles. The molecular formula is C19H28ClN5O3. The number of nitrogens with one attached hydrogen (secondary N) is 2. The number of amides is 3. The Morgan fingerprint density at radius 1 is 1.25 bits per heavy atom. The highest BCUT2D eigenvalue weighted by Gasteiger charge is 2.37. The number of rotatable bonds is 6. The summed E-state index contributed by atoms with van der Waals surface area (Å²) in [7, 11) is 0. The molecule has 6 N–H and O–H groups in total. The molecule has 1 aliphatic rings. The van der Waals surface area contributed by atoms with Crippen molar-refractivity contribution in [3.8, 4) is 0 Å². The van der Waals surface area contributed by atoms with Gasteiger partial charge in [0.1, 0.15) is 11.9 Å². The third-order valence-electron chi connectivity index (χ3n) is 5.08. The summed E-state index contributed by atoms with van der Waals surface area (Å²) in [6.07, 6.45) is 1.96. The van der Waals surface area contributed by atoms with Crippen molar-refractivity contribution in [2.75, 3.05) is 6.54 Å². The predicted molar refractivity (Wildman–Crippen MR) is 109 cm³/mol. The molecule has 0 spiro atoms. The molecule has 1 fully saturated rings. The molecule has 3 amide bonds. The number of amidine groups is 1. The first kappa shape index (κ1) is 23.6. The molecule has 9 heteroatoms. The van der Waals surface area contributed by atoms with Crippen LogP contribution in [0.3, 0.4) is 0 Å². The standard InChI is InChI=1S/C19H27N5O3.ClH/c1-3-11(2)15(20)19(27)24-10-4-5-14(24)18(26)23-17(25)13-8-6-12(7-9-13)16(21)22;/h6-9,11,14-15H,3-5,10,20H2,1-2H3,(H3,21,22)(H,23,25,26);1H/t11-,14-,15-;/m0./s1. The number of hydrogen-bond donors (Lipinski definition) is 4. The zero-order valence-electron chi connectivity index (χ0n) is 16.1. The molecule has 154 valence electrons. The zero-order valence-corrected chi connectivity index (χ0v) is 16.9. The van der Waals surface area contributed by atoms with E-state index in [9.17, 15) is 14.4 Å². The van der Waals surface area contributed by atoms with Crippen molar-refractivity contribution in [3.63, 3.8) is 0 Å². The van der Waals surface area contributed by atoms with Crippen LogP contribution < -0.4 is 16.8 Å². The van der Waals surface area contributed by atoms with E-state index in [1.807, 2.05) is 13.8 Å². The van der Waals surface area contributed by atoms with Crippen molar-refractivity contribution in [1.82, 2.24) is 10.2 Å². The predicted octanol–water partition coefficient (Wildman–Crippen LogP) is 1.01. The Balaban J connectivity index is 0.00000392. The van der Waals surface area contributed by atoms with E-state index >= 15 is 0 Å². The van der Waals surface area contributed by atoms with Crippen LogP contribution in [0.2, 0.25) is 0 Å². The average Bonchev–Trinajstić information content (AvgIpc) is 3.16. The molecule has 0 bridgehead atoms. The molecule has 1 aliphatic heterocycles. The summed E-state index contributed by atoms with van der Waals surface area (Å²) in [6.45, 7) is 4.33. The van der Waals surface area contributed by atoms with Crippen molar-refractivity contribution in [1.29, 1.82) is 5.41 Å². The van der Waals surface area contributed by atoms with Crippen LogP contribution in [0.1, 0.15) is 49.0 Å². The number of benzene rings is 1. The number of halogens is 1. The number of nitrogens with zero attached hydrogens (tertiary/aromatic N) is 1. The number of likely N-dealkylation sites (tertiary alicyclic amines) is 1. The summed E-state index contributed by atoms with van der Waals surface area (Å²) >= 11 is 0. The Labute approximate surface area is 170 Å². The van der Waals surface area contributed by atoms with Gasteiger partial charge < -0.3 is 16.4 Å². The Bertz CT molecular complexity index is 738. The second-order valence-corrected chi connectivity index (χ2v) is 6.91. The maximum Gasteiger partial charge on any atom is 0.257 e. The number of carbonyl (C=O) groups excluding carboxylic acids is 3. The van der Waals surface area contributed by atoms with Crippen molar-refractivity contribution in [2.45, 2.75) is 45.2 Å². The Morgan fingerprint density at radius 2 is 1.82 bits per heavy atom. The van der Waals surface area contributed by atoms with E-state index in [2.05, 4.69) is 5.32 Å². The summed E-state index contributed by atoms with van der Waals surface area (Å²) in [6, 6.07) is 4.73. The van der Waals surface area contributed by atoms with Crippen LogP contribution in [-0.4, -0.2) is 47.1 Å². The van der Waals surface area contributed by atoms with E-state index in [1.165, 1.54) is 29.2 Å². The number of nitrogens with two attached hydrogens (primary N) is 2. The minimum Gasteiger partial charge on any atom is -0.384 e. The van der Waals surface area contributed by atoms with Crippen molar-refractivity contribution in [3.05, 3.63) is 35.4 Å². The van der Waals surface area contributed by atoms with Crippen LogP contribution in [0.4, 0.5) is 0 Å². The van der Waals surface area contributed by atoms with E-state index in [-0.39, 0.29) is 35.6 Å². The van der Waals surface area contributed by atoms with Gasteiger partial charge in [-0.2, -0.15) is 0 Å². The van der Waals surface area contributed by atoms with Gasteiger partial charge in [-0.1, -0.05) is 32.4 Å². The molecule has 1 heterocycles. The molecule has 0 saturated carbocycles. The van der Waals surface area contributed by atoms with E-state index in [0.29, 0.717) is 24.9 Å². The number of carbonyl (C=O) groups is 3. The van der Waals surface area contributed by atoms with E-state index in [0.717, 1.165) is 6.42 Å². The summed E-state index contributed by atoms with van der Waals surface area (Å²) in [5.74, 6) is -1.39. The average molecular weight is 410 g/mol. The fraction of sp³-hybridized carbons (Fsp3) is 0.474. The molecule has 8 nitrogen and oxygen atoms in total. The van der Waals surface area contributed by atoms with E-state index < -0.39 is 23.9 Å². The molecule has 3 atom stereocenters. The second-order valence-electron chi connectivity index (χ2n) is 6.91. The fourth-order valence-electron chi connectivity index (χ4n) is 3.06. The lowest BCUT2D eigenvalue weighted by Gasteiger charge is -2.28. The first-order valence-electron chi connectivity index (χ1n) is 9.12. The molecule has 1 saturated heterocycles. The van der Waals surface area contributed by atoms with Crippen LogP contribution in [0.15, 0.2) is 24.3 Å². The highest BCUT2D eigenvalue weighted by atomic mass is 35.5. The first-order chi connectivity index (χ1) is 12.8. The van der Waals surface area contributed by atoms with Crippen molar-refractivity contribution >= 4 is 36.0 Å². The highest BCUT2D eigenvalue weighted by molar-refractivity contribution is 6.07. The Morgan fingerprint density at radius 3 is 2.36 bits per heavy atom. The van der Waals surface area contributed by atoms with Crippen LogP contribution in [0.5, 0.6) is 0 Å². The maximum absolute atomic E-state index is 12.6. The lowest BCUT2D eigenvalue weighted by molar-refractivity contribution is -0.139. The lowest BCUT2D eigenvalue weighted by atomic mass is 9.98. The molecule has 0 radical (unpaired) electrons. The summed E-state index contributed by atoms with van der Waals surface area (Å²) in [4.78, 5) is 39.0. The molecular weight excluding hydrogens is 382 g/mol. The van der Waals surface area contributed by atoms with Gasteiger partial charge in [-0.05, 0) is 30.9 Å². The quantitative estimate of drug-likeness (QED) is 0.315.